The van der Waals surface area contributed by atoms with Crippen molar-refractivity contribution in [3.63, 3.8) is 0 Å². The van der Waals surface area contributed by atoms with Crippen molar-refractivity contribution in [2.45, 2.75) is 13.5 Å². The molecule has 1 aromatic carbocycles. The van der Waals surface area contributed by atoms with Crippen molar-refractivity contribution >= 4 is 17.2 Å². The lowest BCUT2D eigenvalue weighted by Gasteiger charge is -2.08. The van der Waals surface area contributed by atoms with Crippen LogP contribution in [0.3, 0.4) is 0 Å². The predicted molar refractivity (Wildman–Crippen MR) is 99.7 cm³/mol. The molecule has 134 valence electrons. The summed E-state index contributed by atoms with van der Waals surface area (Å²) in [6.07, 6.45) is 0. The van der Waals surface area contributed by atoms with Crippen LogP contribution in [0, 0.1) is 6.92 Å². The van der Waals surface area contributed by atoms with Crippen LogP contribution in [-0.2, 0) is 6.54 Å². The van der Waals surface area contributed by atoms with E-state index in [1.54, 1.807) is 18.6 Å². The Morgan fingerprint density at radius 2 is 2.00 bits per heavy atom. The average molecular weight is 370 g/mol. The first kappa shape index (κ1) is 17.8. The van der Waals surface area contributed by atoms with Crippen LogP contribution < -0.4 is 15.6 Å². The van der Waals surface area contributed by atoms with Crippen LogP contribution in [0.15, 0.2) is 46.6 Å². The van der Waals surface area contributed by atoms with E-state index >= 15 is 0 Å². The molecule has 7 nitrogen and oxygen atoms in total. The fourth-order valence-electron chi connectivity index (χ4n) is 2.36. The Hall–Kier alpha value is -3.00. The van der Waals surface area contributed by atoms with Crippen molar-refractivity contribution in [3.8, 4) is 17.0 Å². The first-order valence-electron chi connectivity index (χ1n) is 8.00. The van der Waals surface area contributed by atoms with Crippen LogP contribution in [0.1, 0.15) is 15.5 Å². The highest BCUT2D eigenvalue weighted by Gasteiger charge is 2.09. The molecule has 3 aromatic rings. The number of ether oxygens (including phenoxy) is 1. The lowest BCUT2D eigenvalue weighted by molar-refractivity contribution is 0.0947. The van der Waals surface area contributed by atoms with Crippen LogP contribution in [0.4, 0.5) is 0 Å². The molecule has 0 spiro atoms. The second kappa shape index (κ2) is 7.92. The maximum absolute atomic E-state index is 12.0. The normalized spacial score (nSPS) is 10.5. The number of nitrogens with zero attached hydrogens (tertiary/aromatic N) is 3. The molecule has 26 heavy (non-hydrogen) atoms. The minimum Gasteiger partial charge on any atom is -0.497 e. The molecule has 2 aromatic heterocycles. The highest BCUT2D eigenvalue weighted by molar-refractivity contribution is 7.09. The van der Waals surface area contributed by atoms with Gasteiger partial charge in [0.15, 0.2) is 0 Å². The number of thiazole rings is 1. The summed E-state index contributed by atoms with van der Waals surface area (Å²) in [6.45, 7) is 2.40. The standard InChI is InChI=1S/C18H18N4O3S/c1-12-20-16(11-26-12)18(24)19-9-10-22-17(23)8-7-15(21-22)13-3-5-14(25-2)6-4-13/h3-8,11H,9-10H2,1-2H3,(H,19,24). The molecule has 0 saturated carbocycles. The summed E-state index contributed by atoms with van der Waals surface area (Å²) in [5, 5.41) is 9.66. The Kier molecular flexibility index (Phi) is 5.43. The maximum atomic E-state index is 12.0. The Bertz CT molecular complexity index is 963. The Labute approximate surface area is 154 Å². The van der Waals surface area contributed by atoms with E-state index in [9.17, 15) is 9.59 Å². The molecule has 0 fully saturated rings. The van der Waals surface area contributed by atoms with Gasteiger partial charge in [-0.2, -0.15) is 5.10 Å². The molecule has 1 N–H and O–H groups in total. The summed E-state index contributed by atoms with van der Waals surface area (Å²) >= 11 is 1.42. The van der Waals surface area contributed by atoms with Gasteiger partial charge in [-0.25, -0.2) is 9.67 Å². The number of aromatic nitrogens is 3. The molecule has 0 aliphatic carbocycles. The second-order valence-corrected chi connectivity index (χ2v) is 6.58. The van der Waals surface area contributed by atoms with Gasteiger partial charge in [-0.3, -0.25) is 9.59 Å². The van der Waals surface area contributed by atoms with Gasteiger partial charge in [0.25, 0.3) is 11.5 Å². The fraction of sp³-hybridized carbons (Fsp3) is 0.222. The minimum atomic E-state index is -0.256. The SMILES string of the molecule is COc1ccc(-c2ccc(=O)n(CCNC(=O)c3csc(C)n3)n2)cc1. The molecule has 0 bridgehead atoms. The molecule has 0 aliphatic rings. The minimum absolute atomic E-state index is 0.221. The Morgan fingerprint density at radius 3 is 2.65 bits per heavy atom. The molecule has 0 unspecified atom stereocenters. The summed E-state index contributed by atoms with van der Waals surface area (Å²) in [5.41, 5.74) is 1.72. The van der Waals surface area contributed by atoms with Gasteiger partial charge in [-0.05, 0) is 37.3 Å². The highest BCUT2D eigenvalue weighted by Crippen LogP contribution is 2.19. The van der Waals surface area contributed by atoms with Gasteiger partial charge >= 0.3 is 0 Å². The lowest BCUT2D eigenvalue weighted by atomic mass is 10.1. The van der Waals surface area contributed by atoms with Crippen LogP contribution >= 0.6 is 11.3 Å². The number of rotatable bonds is 6. The van der Waals surface area contributed by atoms with Gasteiger partial charge in [0, 0.05) is 23.6 Å². The lowest BCUT2D eigenvalue weighted by Crippen LogP contribution is -2.32. The highest BCUT2D eigenvalue weighted by atomic mass is 32.1. The first-order chi connectivity index (χ1) is 12.6. The third-order valence-electron chi connectivity index (χ3n) is 3.71. The van der Waals surface area contributed by atoms with Gasteiger partial charge in [-0.15, -0.1) is 11.3 Å². The van der Waals surface area contributed by atoms with E-state index in [4.69, 9.17) is 4.74 Å². The molecular formula is C18H18N4O3S. The number of hydrogen-bond acceptors (Lipinski definition) is 6. The number of hydrogen-bond donors (Lipinski definition) is 1. The summed E-state index contributed by atoms with van der Waals surface area (Å²) in [7, 11) is 1.61. The Balaban J connectivity index is 1.67. The summed E-state index contributed by atoms with van der Waals surface area (Å²) in [5.74, 6) is 0.496. The molecule has 1 amide bonds. The van der Waals surface area contributed by atoms with Crippen molar-refractivity contribution in [2.24, 2.45) is 0 Å². The van der Waals surface area contributed by atoms with Gasteiger partial charge in [-0.1, -0.05) is 0 Å². The maximum Gasteiger partial charge on any atom is 0.270 e. The number of aryl methyl sites for hydroxylation is 1. The fourth-order valence-corrected chi connectivity index (χ4v) is 2.95. The van der Waals surface area contributed by atoms with Crippen LogP contribution in [0.25, 0.3) is 11.3 Å². The van der Waals surface area contributed by atoms with E-state index in [1.807, 2.05) is 31.2 Å². The number of carbonyl (C=O) groups is 1. The second-order valence-electron chi connectivity index (χ2n) is 5.52. The van der Waals surface area contributed by atoms with Crippen LogP contribution in [0.2, 0.25) is 0 Å². The zero-order valence-electron chi connectivity index (χ0n) is 14.4. The molecular weight excluding hydrogens is 352 g/mol. The number of amides is 1. The molecule has 0 radical (unpaired) electrons. The number of methoxy groups -OCH3 is 1. The van der Waals surface area contributed by atoms with Crippen molar-refractivity contribution in [3.05, 3.63) is 62.8 Å². The third kappa shape index (κ3) is 4.15. The molecule has 8 heteroatoms. The summed E-state index contributed by atoms with van der Waals surface area (Å²) in [4.78, 5) is 28.1. The van der Waals surface area contributed by atoms with Crippen molar-refractivity contribution in [2.75, 3.05) is 13.7 Å². The smallest absolute Gasteiger partial charge is 0.270 e. The number of benzene rings is 1. The van der Waals surface area contributed by atoms with Gasteiger partial charge in [0.2, 0.25) is 0 Å². The molecule has 0 saturated heterocycles. The topological polar surface area (TPSA) is 86.1 Å². The third-order valence-corrected chi connectivity index (χ3v) is 4.49. The first-order valence-corrected chi connectivity index (χ1v) is 8.88. The van der Waals surface area contributed by atoms with E-state index in [-0.39, 0.29) is 24.6 Å². The van der Waals surface area contributed by atoms with Crippen molar-refractivity contribution in [1.82, 2.24) is 20.1 Å². The quantitative estimate of drug-likeness (QED) is 0.718. The summed E-state index contributed by atoms with van der Waals surface area (Å²) < 4.78 is 6.48. The zero-order valence-corrected chi connectivity index (χ0v) is 15.2. The van der Waals surface area contributed by atoms with Gasteiger partial charge < -0.3 is 10.1 Å². The molecule has 0 atom stereocenters. The monoisotopic (exact) mass is 370 g/mol. The Morgan fingerprint density at radius 1 is 1.23 bits per heavy atom. The largest absolute Gasteiger partial charge is 0.497 e. The summed E-state index contributed by atoms with van der Waals surface area (Å²) in [6, 6.07) is 10.6. The molecule has 3 rings (SSSR count). The van der Waals surface area contributed by atoms with Gasteiger partial charge in [0.1, 0.15) is 11.4 Å². The van der Waals surface area contributed by atoms with E-state index in [0.717, 1.165) is 16.3 Å². The van der Waals surface area contributed by atoms with E-state index in [1.165, 1.54) is 22.1 Å². The van der Waals surface area contributed by atoms with E-state index < -0.39 is 0 Å². The van der Waals surface area contributed by atoms with Crippen LogP contribution in [0.5, 0.6) is 5.75 Å². The number of carbonyl (C=O) groups excluding carboxylic acids is 1. The zero-order chi connectivity index (χ0) is 18.5. The van der Waals surface area contributed by atoms with E-state index in [2.05, 4.69) is 15.4 Å². The molecule has 0 aliphatic heterocycles. The number of nitrogens with one attached hydrogen (secondary N) is 1. The van der Waals surface area contributed by atoms with Gasteiger partial charge in [0.05, 0.1) is 24.4 Å². The predicted octanol–water partition coefficient (Wildman–Crippen LogP) is 2.11. The van der Waals surface area contributed by atoms with E-state index in [0.29, 0.717) is 11.4 Å². The average Bonchev–Trinajstić information content (AvgIpc) is 3.10. The van der Waals surface area contributed by atoms with Crippen molar-refractivity contribution in [1.29, 1.82) is 0 Å². The molecule has 2 heterocycles. The van der Waals surface area contributed by atoms with Crippen LogP contribution in [-0.4, -0.2) is 34.3 Å². The van der Waals surface area contributed by atoms with Crippen molar-refractivity contribution < 1.29 is 9.53 Å².